The molecule has 0 bridgehead atoms. The quantitative estimate of drug-likeness (QED) is 0.260. The van der Waals surface area contributed by atoms with E-state index in [0.29, 0.717) is 18.7 Å². The highest BCUT2D eigenvalue weighted by Crippen LogP contribution is 2.32. The van der Waals surface area contributed by atoms with Crippen molar-refractivity contribution < 1.29 is 19.4 Å². The van der Waals surface area contributed by atoms with E-state index in [9.17, 15) is 9.59 Å². The predicted octanol–water partition coefficient (Wildman–Crippen LogP) is 6.01. The summed E-state index contributed by atoms with van der Waals surface area (Å²) in [6.07, 6.45) is 3.27. The molecule has 0 heterocycles. The second-order valence-corrected chi connectivity index (χ2v) is 7.51. The molecule has 1 N–H and O–H groups in total. The smallest absolute Gasteiger partial charge is 0.337 e. The molecular formula is C27H28N2O4. The first-order valence-corrected chi connectivity index (χ1v) is 10.8. The number of benzene rings is 3. The van der Waals surface area contributed by atoms with Crippen LogP contribution in [0.1, 0.15) is 53.2 Å². The normalized spacial score (nSPS) is 9.97. The van der Waals surface area contributed by atoms with E-state index in [-0.39, 0.29) is 17.1 Å². The lowest BCUT2D eigenvalue weighted by atomic mass is 9.99. The van der Waals surface area contributed by atoms with Crippen molar-refractivity contribution in [1.29, 1.82) is 5.26 Å². The van der Waals surface area contributed by atoms with Gasteiger partial charge in [0.2, 0.25) is 0 Å². The van der Waals surface area contributed by atoms with Crippen molar-refractivity contribution in [2.24, 2.45) is 4.99 Å². The Kier molecular flexibility index (Phi) is 9.79. The molecule has 0 radical (unpaired) electrons. The number of hydrogen-bond acceptors (Lipinski definition) is 5. The van der Waals surface area contributed by atoms with E-state index >= 15 is 0 Å². The minimum atomic E-state index is -1.14. The standard InChI is InChI=1S/C14H20O2.C13H8N2O2/c1-3-4-10-16-14(15)9-8-13-7-5-6-12(2)11-13;1-15-12-9-5-3-2-4-8(9)6-10(13(16)17)11(12)7-14/h5-7,11H,3-4,8-10H2,1-2H3;2-6H,1H2,(H,16,17). The molecule has 0 fully saturated rings. The fraction of sp³-hybridized carbons (Fsp3) is 0.259. The van der Waals surface area contributed by atoms with Crippen LogP contribution in [-0.2, 0) is 16.0 Å². The number of aromatic carboxylic acids is 1. The number of rotatable bonds is 8. The summed E-state index contributed by atoms with van der Waals surface area (Å²) in [5.41, 5.74) is 2.76. The van der Waals surface area contributed by atoms with Gasteiger partial charge in [-0.15, -0.1) is 0 Å². The van der Waals surface area contributed by atoms with E-state index in [2.05, 4.69) is 37.7 Å². The minimum Gasteiger partial charge on any atom is -0.478 e. The van der Waals surface area contributed by atoms with Gasteiger partial charge in [0, 0.05) is 11.8 Å². The van der Waals surface area contributed by atoms with Crippen molar-refractivity contribution in [3.05, 3.63) is 76.9 Å². The number of nitriles is 1. The van der Waals surface area contributed by atoms with Gasteiger partial charge in [-0.3, -0.25) is 9.79 Å². The highest BCUT2D eigenvalue weighted by atomic mass is 16.5. The van der Waals surface area contributed by atoms with Crippen LogP contribution in [0.2, 0.25) is 0 Å². The van der Waals surface area contributed by atoms with Crippen molar-refractivity contribution >= 4 is 35.1 Å². The number of aliphatic imine (C=N–C) groups is 1. The topological polar surface area (TPSA) is 99.8 Å². The number of carboxylic acids is 1. The lowest BCUT2D eigenvalue weighted by Crippen LogP contribution is -2.06. The zero-order valence-corrected chi connectivity index (χ0v) is 19.0. The molecule has 170 valence electrons. The number of esters is 1. The first-order chi connectivity index (χ1) is 15.9. The Morgan fingerprint density at radius 3 is 2.55 bits per heavy atom. The van der Waals surface area contributed by atoms with Gasteiger partial charge >= 0.3 is 11.9 Å². The molecule has 0 atom stereocenters. The van der Waals surface area contributed by atoms with Crippen molar-refractivity contribution in [3.8, 4) is 6.07 Å². The lowest BCUT2D eigenvalue weighted by Gasteiger charge is -2.07. The molecule has 3 aromatic carbocycles. The summed E-state index contributed by atoms with van der Waals surface area (Å²) < 4.78 is 5.10. The van der Waals surface area contributed by atoms with E-state index in [0.717, 1.165) is 30.0 Å². The fourth-order valence-corrected chi connectivity index (χ4v) is 3.29. The molecule has 0 unspecified atom stereocenters. The monoisotopic (exact) mass is 444 g/mol. The van der Waals surface area contributed by atoms with Crippen LogP contribution in [0.4, 0.5) is 5.69 Å². The molecule has 3 aromatic rings. The third-order valence-electron chi connectivity index (χ3n) is 4.98. The SMILES string of the molecule is C=Nc1c(C#N)c(C(=O)O)cc2ccccc12.CCCCOC(=O)CCc1cccc(C)c1. The van der Waals surface area contributed by atoms with Crippen LogP contribution in [0.5, 0.6) is 0 Å². The van der Waals surface area contributed by atoms with Gasteiger partial charge in [0.05, 0.1) is 23.4 Å². The van der Waals surface area contributed by atoms with Gasteiger partial charge in [-0.2, -0.15) is 5.26 Å². The van der Waals surface area contributed by atoms with Crippen molar-refractivity contribution in [3.63, 3.8) is 0 Å². The summed E-state index contributed by atoms with van der Waals surface area (Å²) in [7, 11) is 0. The van der Waals surface area contributed by atoms with Gasteiger partial charge < -0.3 is 9.84 Å². The molecule has 33 heavy (non-hydrogen) atoms. The number of ether oxygens (including phenoxy) is 1. The van der Waals surface area contributed by atoms with Crippen LogP contribution in [0, 0.1) is 18.3 Å². The first-order valence-electron chi connectivity index (χ1n) is 10.8. The number of unbranched alkanes of at least 4 members (excludes halogenated alkanes) is 1. The largest absolute Gasteiger partial charge is 0.478 e. The maximum Gasteiger partial charge on any atom is 0.337 e. The van der Waals surface area contributed by atoms with Crippen LogP contribution in [0.15, 0.2) is 59.6 Å². The summed E-state index contributed by atoms with van der Waals surface area (Å²) in [5.74, 6) is -1.23. The zero-order valence-electron chi connectivity index (χ0n) is 19.0. The molecule has 0 aliphatic heterocycles. The van der Waals surface area contributed by atoms with E-state index < -0.39 is 5.97 Å². The second kappa shape index (κ2) is 12.8. The van der Waals surface area contributed by atoms with Crippen molar-refractivity contribution in [1.82, 2.24) is 0 Å². The Bertz CT molecular complexity index is 1180. The van der Waals surface area contributed by atoms with E-state index in [1.807, 2.05) is 18.2 Å². The molecule has 0 amide bonds. The summed E-state index contributed by atoms with van der Waals surface area (Å²) in [6.45, 7) is 8.10. The summed E-state index contributed by atoms with van der Waals surface area (Å²) >= 11 is 0. The van der Waals surface area contributed by atoms with Crippen LogP contribution in [0.25, 0.3) is 10.8 Å². The molecule has 0 saturated heterocycles. The highest BCUT2D eigenvalue weighted by Gasteiger charge is 2.16. The number of carboxylic acid groups (broad SMARTS) is 1. The Morgan fingerprint density at radius 2 is 1.91 bits per heavy atom. The number of hydrogen-bond donors (Lipinski definition) is 1. The number of carbonyl (C=O) groups is 2. The number of aryl methyl sites for hydroxylation is 2. The van der Waals surface area contributed by atoms with Crippen LogP contribution in [-0.4, -0.2) is 30.4 Å². The summed E-state index contributed by atoms with van der Waals surface area (Å²) in [5, 5.41) is 19.6. The molecule has 0 aromatic heterocycles. The maximum atomic E-state index is 11.4. The zero-order chi connectivity index (χ0) is 24.2. The highest BCUT2D eigenvalue weighted by molar-refractivity contribution is 6.04. The molecule has 0 saturated carbocycles. The van der Waals surface area contributed by atoms with E-state index in [1.54, 1.807) is 24.3 Å². The van der Waals surface area contributed by atoms with Gasteiger partial charge in [-0.25, -0.2) is 4.79 Å². The van der Waals surface area contributed by atoms with Gasteiger partial charge in [-0.05, 0) is 43.5 Å². The third kappa shape index (κ3) is 7.29. The molecule has 0 aliphatic carbocycles. The number of carbonyl (C=O) groups excluding carboxylic acids is 1. The Labute approximate surface area is 194 Å². The molecule has 3 rings (SSSR count). The van der Waals surface area contributed by atoms with Crippen molar-refractivity contribution in [2.45, 2.75) is 39.5 Å². The van der Waals surface area contributed by atoms with Gasteiger partial charge in [0.15, 0.2) is 0 Å². The predicted molar refractivity (Wildman–Crippen MR) is 130 cm³/mol. The molecular weight excluding hydrogens is 416 g/mol. The Balaban J connectivity index is 0.000000234. The average molecular weight is 445 g/mol. The molecule has 6 heteroatoms. The molecule has 6 nitrogen and oxygen atoms in total. The number of fused-ring (bicyclic) bond motifs is 1. The minimum absolute atomic E-state index is 0.0474. The summed E-state index contributed by atoms with van der Waals surface area (Å²) in [6, 6.07) is 18.8. The Morgan fingerprint density at radius 1 is 1.15 bits per heavy atom. The van der Waals surface area contributed by atoms with E-state index in [1.165, 1.54) is 17.2 Å². The first kappa shape index (κ1) is 25.3. The van der Waals surface area contributed by atoms with Crippen LogP contribution in [0.3, 0.4) is 0 Å². The lowest BCUT2D eigenvalue weighted by molar-refractivity contribution is -0.143. The van der Waals surface area contributed by atoms with E-state index in [4.69, 9.17) is 15.1 Å². The van der Waals surface area contributed by atoms with Crippen molar-refractivity contribution in [2.75, 3.05) is 6.61 Å². The second-order valence-electron chi connectivity index (χ2n) is 7.51. The number of nitrogens with zero attached hydrogens (tertiary/aromatic N) is 2. The maximum absolute atomic E-state index is 11.4. The third-order valence-corrected chi connectivity index (χ3v) is 4.98. The van der Waals surface area contributed by atoms with Gasteiger partial charge in [-0.1, -0.05) is 67.4 Å². The average Bonchev–Trinajstić information content (AvgIpc) is 2.82. The van der Waals surface area contributed by atoms with Crippen LogP contribution >= 0.6 is 0 Å². The fourth-order valence-electron chi connectivity index (χ4n) is 3.29. The van der Waals surface area contributed by atoms with Gasteiger partial charge in [0.1, 0.15) is 6.07 Å². The Hall–Kier alpha value is -3.98. The molecule has 0 spiro atoms. The molecule has 0 aliphatic rings. The van der Waals surface area contributed by atoms with Crippen LogP contribution < -0.4 is 0 Å². The van der Waals surface area contributed by atoms with Gasteiger partial charge in [0.25, 0.3) is 0 Å². The summed E-state index contributed by atoms with van der Waals surface area (Å²) in [4.78, 5) is 26.2.